The van der Waals surface area contributed by atoms with Gasteiger partial charge in [-0.1, -0.05) is 13.3 Å². The first kappa shape index (κ1) is 14.8. The number of rotatable bonds is 3. The maximum Gasteiger partial charge on any atom is 0.239 e. The Balaban J connectivity index is 1.53. The standard InChI is InChI=1S/C15H24N4OS/c1-2-12-3-4-16-13(11-12)14(20)18-6-8-19(9-7-18)15-17-5-10-21-15/h5,10,12-13,16H,2-4,6-9,11H2,1H3. The van der Waals surface area contributed by atoms with Crippen molar-refractivity contribution in [1.82, 2.24) is 15.2 Å². The molecule has 2 unspecified atom stereocenters. The number of amides is 1. The van der Waals surface area contributed by atoms with Crippen LogP contribution in [0, 0.1) is 5.92 Å². The second-order valence-corrected chi connectivity index (χ2v) is 6.81. The van der Waals surface area contributed by atoms with Crippen molar-refractivity contribution in [3.8, 4) is 0 Å². The third-order valence-electron chi connectivity index (χ3n) is 4.67. The Morgan fingerprint density at radius 3 is 2.90 bits per heavy atom. The van der Waals surface area contributed by atoms with E-state index in [1.165, 1.54) is 12.8 Å². The summed E-state index contributed by atoms with van der Waals surface area (Å²) in [6.45, 7) is 6.62. The van der Waals surface area contributed by atoms with Crippen LogP contribution in [0.15, 0.2) is 11.6 Å². The molecule has 0 radical (unpaired) electrons. The summed E-state index contributed by atoms with van der Waals surface area (Å²) in [6, 6.07) is 0.0371. The van der Waals surface area contributed by atoms with Crippen LogP contribution >= 0.6 is 11.3 Å². The molecule has 3 heterocycles. The van der Waals surface area contributed by atoms with Crippen molar-refractivity contribution in [3.05, 3.63) is 11.6 Å². The fourth-order valence-corrected chi connectivity index (χ4v) is 3.96. The number of nitrogens with one attached hydrogen (secondary N) is 1. The molecule has 0 saturated carbocycles. The second-order valence-electron chi connectivity index (χ2n) is 5.93. The number of carbonyl (C=O) groups is 1. The Hall–Kier alpha value is -1.14. The predicted octanol–water partition coefficient (Wildman–Crippen LogP) is 1.57. The summed E-state index contributed by atoms with van der Waals surface area (Å²) in [5, 5.41) is 6.48. The SMILES string of the molecule is CCC1CCNC(C(=O)N2CCN(c3nccs3)CC2)C1. The molecule has 0 aromatic carbocycles. The normalized spacial score (nSPS) is 26.9. The molecule has 2 aliphatic heterocycles. The summed E-state index contributed by atoms with van der Waals surface area (Å²) < 4.78 is 0. The van der Waals surface area contributed by atoms with E-state index >= 15 is 0 Å². The smallest absolute Gasteiger partial charge is 0.239 e. The van der Waals surface area contributed by atoms with Crippen molar-refractivity contribution in [2.24, 2.45) is 5.92 Å². The average molecular weight is 308 g/mol. The van der Waals surface area contributed by atoms with Crippen LogP contribution < -0.4 is 10.2 Å². The Labute approximate surface area is 130 Å². The summed E-state index contributed by atoms with van der Waals surface area (Å²) in [6.07, 6.45) is 5.23. The van der Waals surface area contributed by atoms with Crippen molar-refractivity contribution in [3.63, 3.8) is 0 Å². The van der Waals surface area contributed by atoms with E-state index < -0.39 is 0 Å². The van der Waals surface area contributed by atoms with E-state index in [4.69, 9.17) is 0 Å². The minimum Gasteiger partial charge on any atom is -0.345 e. The number of nitrogens with zero attached hydrogens (tertiary/aromatic N) is 3. The number of anilines is 1. The summed E-state index contributed by atoms with van der Waals surface area (Å²) in [4.78, 5) is 21.3. The topological polar surface area (TPSA) is 48.5 Å². The Morgan fingerprint density at radius 2 is 2.24 bits per heavy atom. The lowest BCUT2D eigenvalue weighted by Gasteiger charge is -2.38. The molecule has 0 aliphatic carbocycles. The van der Waals surface area contributed by atoms with Gasteiger partial charge < -0.3 is 15.1 Å². The van der Waals surface area contributed by atoms with Gasteiger partial charge in [-0.15, -0.1) is 11.3 Å². The van der Waals surface area contributed by atoms with E-state index in [0.717, 1.165) is 44.3 Å². The lowest BCUT2D eigenvalue weighted by molar-refractivity contribution is -0.134. The summed E-state index contributed by atoms with van der Waals surface area (Å²) in [5.41, 5.74) is 0. The highest BCUT2D eigenvalue weighted by molar-refractivity contribution is 7.13. The van der Waals surface area contributed by atoms with Crippen LogP contribution in [-0.4, -0.2) is 54.6 Å². The van der Waals surface area contributed by atoms with E-state index in [9.17, 15) is 4.79 Å². The van der Waals surface area contributed by atoms with Crippen LogP contribution in [0.25, 0.3) is 0 Å². The first-order valence-electron chi connectivity index (χ1n) is 7.94. The fourth-order valence-electron chi connectivity index (χ4n) is 3.27. The van der Waals surface area contributed by atoms with Gasteiger partial charge in [-0.3, -0.25) is 4.79 Å². The lowest BCUT2D eigenvalue weighted by atomic mass is 9.90. The molecule has 1 aromatic rings. The van der Waals surface area contributed by atoms with Crippen LogP contribution in [0.5, 0.6) is 0 Å². The summed E-state index contributed by atoms with van der Waals surface area (Å²) in [5.74, 6) is 1.00. The second kappa shape index (κ2) is 6.75. The molecule has 2 aliphatic rings. The zero-order chi connectivity index (χ0) is 14.7. The number of thiazole rings is 1. The van der Waals surface area contributed by atoms with E-state index in [2.05, 4.69) is 22.1 Å². The third kappa shape index (κ3) is 3.37. The molecule has 6 heteroatoms. The maximum absolute atomic E-state index is 12.6. The zero-order valence-corrected chi connectivity index (χ0v) is 13.4. The highest BCUT2D eigenvalue weighted by Crippen LogP contribution is 2.22. The molecule has 3 rings (SSSR count). The molecular formula is C15H24N4OS. The molecule has 21 heavy (non-hydrogen) atoms. The van der Waals surface area contributed by atoms with Crippen molar-refractivity contribution >= 4 is 22.4 Å². The van der Waals surface area contributed by atoms with Gasteiger partial charge in [-0.05, 0) is 25.3 Å². The largest absolute Gasteiger partial charge is 0.345 e. The lowest BCUT2D eigenvalue weighted by Crippen LogP contribution is -2.55. The van der Waals surface area contributed by atoms with Gasteiger partial charge in [0.05, 0.1) is 6.04 Å². The first-order valence-corrected chi connectivity index (χ1v) is 8.82. The highest BCUT2D eigenvalue weighted by atomic mass is 32.1. The highest BCUT2D eigenvalue weighted by Gasteiger charge is 2.31. The minimum absolute atomic E-state index is 0.0371. The number of hydrogen-bond donors (Lipinski definition) is 1. The van der Waals surface area contributed by atoms with Gasteiger partial charge >= 0.3 is 0 Å². The van der Waals surface area contributed by atoms with E-state index in [1.807, 2.05) is 16.5 Å². The van der Waals surface area contributed by atoms with Crippen LogP contribution in [0.3, 0.4) is 0 Å². The fraction of sp³-hybridized carbons (Fsp3) is 0.733. The average Bonchev–Trinajstić information content (AvgIpc) is 3.09. The van der Waals surface area contributed by atoms with Gasteiger partial charge in [-0.25, -0.2) is 4.98 Å². The third-order valence-corrected chi connectivity index (χ3v) is 5.50. The van der Waals surface area contributed by atoms with Crippen molar-refractivity contribution < 1.29 is 4.79 Å². The monoisotopic (exact) mass is 308 g/mol. The van der Waals surface area contributed by atoms with Crippen molar-refractivity contribution in [2.45, 2.75) is 32.2 Å². The number of aromatic nitrogens is 1. The van der Waals surface area contributed by atoms with E-state index in [0.29, 0.717) is 11.8 Å². The number of hydrogen-bond acceptors (Lipinski definition) is 5. The molecule has 2 atom stereocenters. The predicted molar refractivity (Wildman–Crippen MR) is 85.7 cm³/mol. The minimum atomic E-state index is 0.0371. The van der Waals surface area contributed by atoms with Crippen LogP contribution in [0.2, 0.25) is 0 Å². The Bertz CT molecular complexity index is 456. The van der Waals surface area contributed by atoms with Gasteiger partial charge in [-0.2, -0.15) is 0 Å². The van der Waals surface area contributed by atoms with Gasteiger partial charge in [0, 0.05) is 37.8 Å². The van der Waals surface area contributed by atoms with Gasteiger partial charge in [0.25, 0.3) is 0 Å². The van der Waals surface area contributed by atoms with Crippen molar-refractivity contribution in [2.75, 3.05) is 37.6 Å². The first-order chi connectivity index (χ1) is 10.3. The van der Waals surface area contributed by atoms with Crippen molar-refractivity contribution in [1.29, 1.82) is 0 Å². The molecule has 116 valence electrons. The van der Waals surface area contributed by atoms with Gasteiger partial charge in [0.15, 0.2) is 5.13 Å². The van der Waals surface area contributed by atoms with Gasteiger partial charge in [0.2, 0.25) is 5.91 Å². The molecule has 1 N–H and O–H groups in total. The molecule has 0 bridgehead atoms. The molecule has 2 saturated heterocycles. The molecule has 5 nitrogen and oxygen atoms in total. The number of piperidine rings is 1. The summed E-state index contributed by atoms with van der Waals surface area (Å²) >= 11 is 1.67. The zero-order valence-electron chi connectivity index (χ0n) is 12.6. The van der Waals surface area contributed by atoms with E-state index in [1.54, 1.807) is 11.3 Å². The Morgan fingerprint density at radius 1 is 1.43 bits per heavy atom. The number of piperazine rings is 1. The molecule has 1 aromatic heterocycles. The van der Waals surface area contributed by atoms with Crippen LogP contribution in [0.4, 0.5) is 5.13 Å². The van der Waals surface area contributed by atoms with Gasteiger partial charge in [0.1, 0.15) is 0 Å². The van der Waals surface area contributed by atoms with E-state index in [-0.39, 0.29) is 6.04 Å². The Kier molecular flexibility index (Phi) is 4.75. The maximum atomic E-state index is 12.6. The number of carbonyl (C=O) groups excluding carboxylic acids is 1. The van der Waals surface area contributed by atoms with Crippen LogP contribution in [0.1, 0.15) is 26.2 Å². The quantitative estimate of drug-likeness (QED) is 0.921. The molecule has 2 fully saturated rings. The molecule has 1 amide bonds. The van der Waals surface area contributed by atoms with Crippen LogP contribution in [-0.2, 0) is 4.79 Å². The molecule has 0 spiro atoms. The molecular weight excluding hydrogens is 284 g/mol. The summed E-state index contributed by atoms with van der Waals surface area (Å²) in [7, 11) is 0.